The van der Waals surface area contributed by atoms with Crippen molar-refractivity contribution in [3.05, 3.63) is 58.7 Å². The number of hydrogen-bond donors (Lipinski definition) is 3. The van der Waals surface area contributed by atoms with Crippen molar-refractivity contribution in [2.75, 3.05) is 6.54 Å². The van der Waals surface area contributed by atoms with Crippen LogP contribution >= 0.6 is 0 Å². The van der Waals surface area contributed by atoms with Crippen LogP contribution in [0.4, 0.5) is 0 Å². The summed E-state index contributed by atoms with van der Waals surface area (Å²) in [6.07, 6.45) is 6.45. The number of phenolic OH excluding ortho intramolecular Hbond substituents is 1. The van der Waals surface area contributed by atoms with Gasteiger partial charge in [0.25, 0.3) is 5.91 Å². The lowest BCUT2D eigenvalue weighted by molar-refractivity contribution is -0.137. The lowest BCUT2D eigenvalue weighted by atomic mass is 10.0. The quantitative estimate of drug-likeness (QED) is 0.242. The van der Waals surface area contributed by atoms with Gasteiger partial charge in [-0.15, -0.1) is 0 Å². The maximum atomic E-state index is 12.5. The van der Waals surface area contributed by atoms with Gasteiger partial charge in [-0.2, -0.15) is 0 Å². The summed E-state index contributed by atoms with van der Waals surface area (Å²) in [7, 11) is 0. The highest BCUT2D eigenvalue weighted by Gasteiger charge is 2.13. The highest BCUT2D eigenvalue weighted by Crippen LogP contribution is 2.30. The molecule has 1 amide bonds. The molecule has 7 nitrogen and oxygen atoms in total. The second kappa shape index (κ2) is 14.0. The molecule has 0 spiro atoms. The summed E-state index contributed by atoms with van der Waals surface area (Å²) in [5.41, 5.74) is 2.49. The van der Waals surface area contributed by atoms with Gasteiger partial charge in [-0.05, 0) is 55.5 Å². The molecule has 2 aromatic carbocycles. The summed E-state index contributed by atoms with van der Waals surface area (Å²) in [6, 6.07) is 10.4. The van der Waals surface area contributed by atoms with Crippen molar-refractivity contribution >= 4 is 17.7 Å². The molecule has 2 aromatic rings. The summed E-state index contributed by atoms with van der Waals surface area (Å²) < 4.78 is 5.90. The molecular formula is C27H35NO6. The number of hydrogen-bond acceptors (Lipinski definition) is 5. The van der Waals surface area contributed by atoms with Gasteiger partial charge in [0.1, 0.15) is 18.1 Å². The molecule has 0 bridgehead atoms. The standard InChI is InChI=1S/C27H35NO6/c1-3-21-16-23(19(2)29)24(30)17-25(21)34-18-20-11-10-12-22(15-20)27(33)28-14-9-7-5-4-6-8-13-26(31)32/h10-12,15-17,30H,3-9,13-14,18H2,1-2H3,(H,28,33)(H,31,32). The van der Waals surface area contributed by atoms with Crippen LogP contribution in [0.15, 0.2) is 36.4 Å². The van der Waals surface area contributed by atoms with Crippen LogP contribution < -0.4 is 10.1 Å². The van der Waals surface area contributed by atoms with Gasteiger partial charge in [0.15, 0.2) is 5.78 Å². The van der Waals surface area contributed by atoms with E-state index < -0.39 is 5.97 Å². The molecule has 0 aliphatic heterocycles. The van der Waals surface area contributed by atoms with Gasteiger partial charge >= 0.3 is 5.97 Å². The Bertz CT molecular complexity index is 985. The van der Waals surface area contributed by atoms with E-state index in [0.29, 0.717) is 24.3 Å². The van der Waals surface area contributed by atoms with Crippen LogP contribution in [-0.4, -0.2) is 34.4 Å². The Hall–Kier alpha value is -3.35. The van der Waals surface area contributed by atoms with E-state index >= 15 is 0 Å². The minimum absolute atomic E-state index is 0.104. The molecule has 0 aliphatic carbocycles. The first-order valence-corrected chi connectivity index (χ1v) is 11.9. The zero-order chi connectivity index (χ0) is 24.9. The molecule has 34 heavy (non-hydrogen) atoms. The first-order valence-electron chi connectivity index (χ1n) is 11.9. The third-order valence-electron chi connectivity index (χ3n) is 5.63. The predicted molar refractivity (Wildman–Crippen MR) is 131 cm³/mol. The van der Waals surface area contributed by atoms with Crippen LogP contribution in [0.3, 0.4) is 0 Å². The monoisotopic (exact) mass is 469 g/mol. The van der Waals surface area contributed by atoms with Gasteiger partial charge in [0.2, 0.25) is 0 Å². The molecule has 0 fully saturated rings. The third kappa shape index (κ3) is 8.89. The van der Waals surface area contributed by atoms with E-state index in [1.54, 1.807) is 18.2 Å². The number of aryl methyl sites for hydroxylation is 1. The number of aliphatic carboxylic acids is 1. The Morgan fingerprint density at radius 1 is 0.971 bits per heavy atom. The Morgan fingerprint density at radius 2 is 1.68 bits per heavy atom. The van der Waals surface area contributed by atoms with Crippen molar-refractivity contribution in [1.29, 1.82) is 0 Å². The highest BCUT2D eigenvalue weighted by molar-refractivity contribution is 5.97. The highest BCUT2D eigenvalue weighted by atomic mass is 16.5. The number of carboxylic acid groups (broad SMARTS) is 1. The fraction of sp³-hybridized carbons (Fsp3) is 0.444. The van der Waals surface area contributed by atoms with E-state index in [1.165, 1.54) is 13.0 Å². The van der Waals surface area contributed by atoms with E-state index in [-0.39, 0.29) is 36.0 Å². The van der Waals surface area contributed by atoms with Crippen LogP contribution in [0.1, 0.15) is 90.6 Å². The summed E-state index contributed by atoms with van der Waals surface area (Å²) in [6.45, 7) is 4.19. The number of carboxylic acids is 1. The number of aromatic hydroxyl groups is 1. The molecule has 0 heterocycles. The zero-order valence-electron chi connectivity index (χ0n) is 20.1. The lowest BCUT2D eigenvalue weighted by Crippen LogP contribution is -2.24. The molecule has 0 radical (unpaired) electrons. The van der Waals surface area contributed by atoms with Gasteiger partial charge in [0, 0.05) is 24.6 Å². The molecule has 0 saturated carbocycles. The molecule has 0 aromatic heterocycles. The Balaban J connectivity index is 1.80. The summed E-state index contributed by atoms with van der Waals surface area (Å²) in [4.78, 5) is 34.6. The first-order chi connectivity index (χ1) is 16.3. The molecule has 3 N–H and O–H groups in total. The van der Waals surface area contributed by atoms with Crippen molar-refractivity contribution < 1.29 is 29.3 Å². The molecule has 0 saturated heterocycles. The van der Waals surface area contributed by atoms with Crippen molar-refractivity contribution in [2.24, 2.45) is 0 Å². The van der Waals surface area contributed by atoms with E-state index in [0.717, 1.165) is 49.7 Å². The maximum absolute atomic E-state index is 12.5. The van der Waals surface area contributed by atoms with Gasteiger partial charge in [-0.3, -0.25) is 14.4 Å². The number of carbonyl (C=O) groups excluding carboxylic acids is 2. The summed E-state index contributed by atoms with van der Waals surface area (Å²) in [5.74, 6) is -0.670. The van der Waals surface area contributed by atoms with Gasteiger partial charge in [0.05, 0.1) is 5.56 Å². The van der Waals surface area contributed by atoms with E-state index in [9.17, 15) is 19.5 Å². The maximum Gasteiger partial charge on any atom is 0.303 e. The molecular weight excluding hydrogens is 434 g/mol. The van der Waals surface area contributed by atoms with Crippen molar-refractivity contribution in [3.63, 3.8) is 0 Å². The number of ketones is 1. The van der Waals surface area contributed by atoms with E-state index in [1.807, 2.05) is 19.1 Å². The smallest absolute Gasteiger partial charge is 0.303 e. The number of amides is 1. The van der Waals surface area contributed by atoms with Crippen molar-refractivity contribution in [3.8, 4) is 11.5 Å². The normalized spacial score (nSPS) is 10.6. The fourth-order valence-corrected chi connectivity index (χ4v) is 3.68. The lowest BCUT2D eigenvalue weighted by Gasteiger charge is -2.13. The number of phenols is 1. The number of nitrogens with one attached hydrogen (secondary N) is 1. The summed E-state index contributed by atoms with van der Waals surface area (Å²) >= 11 is 0. The topological polar surface area (TPSA) is 113 Å². The average Bonchev–Trinajstić information content (AvgIpc) is 2.81. The van der Waals surface area contributed by atoms with Gasteiger partial charge in [-0.25, -0.2) is 0 Å². The summed E-state index contributed by atoms with van der Waals surface area (Å²) in [5, 5.41) is 21.7. The Labute approximate surface area is 201 Å². The number of ether oxygens (including phenoxy) is 1. The predicted octanol–water partition coefficient (Wildman–Crippen LogP) is 5.28. The fourth-order valence-electron chi connectivity index (χ4n) is 3.68. The number of Topliss-reactive ketones (excluding diaryl/α,β-unsaturated/α-hetero) is 1. The zero-order valence-corrected chi connectivity index (χ0v) is 20.1. The van der Waals surface area contributed by atoms with Crippen molar-refractivity contribution in [2.45, 2.75) is 71.8 Å². The van der Waals surface area contributed by atoms with Crippen LogP contribution in [0.5, 0.6) is 11.5 Å². The van der Waals surface area contributed by atoms with E-state index in [4.69, 9.17) is 9.84 Å². The number of rotatable bonds is 15. The molecule has 0 aliphatic rings. The first kappa shape index (κ1) is 26.9. The Morgan fingerprint density at radius 3 is 2.35 bits per heavy atom. The SMILES string of the molecule is CCc1cc(C(C)=O)c(O)cc1OCc1cccc(C(=O)NCCCCCCCCC(=O)O)c1. The second-order valence-electron chi connectivity index (χ2n) is 8.40. The number of unbranched alkanes of at least 4 members (excludes halogenated alkanes) is 5. The van der Waals surface area contributed by atoms with Gasteiger partial charge in [-0.1, -0.05) is 44.7 Å². The average molecular weight is 470 g/mol. The molecule has 184 valence electrons. The van der Waals surface area contributed by atoms with E-state index in [2.05, 4.69) is 5.32 Å². The van der Waals surface area contributed by atoms with Gasteiger partial charge < -0.3 is 20.3 Å². The molecule has 0 atom stereocenters. The Kier molecular flexibility index (Phi) is 11.1. The minimum Gasteiger partial charge on any atom is -0.507 e. The number of carbonyl (C=O) groups is 3. The van der Waals surface area contributed by atoms with Crippen molar-refractivity contribution in [1.82, 2.24) is 5.32 Å². The third-order valence-corrected chi connectivity index (χ3v) is 5.63. The molecule has 7 heteroatoms. The minimum atomic E-state index is -0.744. The molecule has 2 rings (SSSR count). The molecule has 0 unspecified atom stereocenters. The van der Waals surface area contributed by atoms with Crippen LogP contribution in [0.25, 0.3) is 0 Å². The van der Waals surface area contributed by atoms with Crippen LogP contribution in [-0.2, 0) is 17.8 Å². The van der Waals surface area contributed by atoms with Crippen LogP contribution in [0.2, 0.25) is 0 Å². The largest absolute Gasteiger partial charge is 0.507 e. The number of benzene rings is 2. The second-order valence-corrected chi connectivity index (χ2v) is 8.40. The van der Waals surface area contributed by atoms with Crippen LogP contribution in [0, 0.1) is 0 Å².